The van der Waals surface area contributed by atoms with Gasteiger partial charge in [0.05, 0.1) is 32.1 Å². The first kappa shape index (κ1) is 15.1. The van der Waals surface area contributed by atoms with Gasteiger partial charge in [-0.15, -0.1) is 0 Å². The molecule has 0 bridgehead atoms. The fourth-order valence-electron chi connectivity index (χ4n) is 2.00. The number of anilines is 1. The predicted molar refractivity (Wildman–Crippen MR) is 80.8 cm³/mol. The average Bonchev–Trinajstić information content (AvgIpc) is 2.49. The predicted octanol–water partition coefficient (Wildman–Crippen LogP) is 0.859. The van der Waals surface area contributed by atoms with Crippen LogP contribution in [0.3, 0.4) is 0 Å². The number of aliphatic hydroxyl groups is 1. The van der Waals surface area contributed by atoms with Gasteiger partial charge in [-0.3, -0.25) is 4.79 Å². The molecule has 0 spiro atoms. The van der Waals surface area contributed by atoms with E-state index >= 15 is 0 Å². The summed E-state index contributed by atoms with van der Waals surface area (Å²) in [5, 5.41) is 13.4. The monoisotopic (exact) mass is 289 g/mol. The van der Waals surface area contributed by atoms with E-state index in [9.17, 15) is 9.90 Å². The summed E-state index contributed by atoms with van der Waals surface area (Å²) in [5.74, 6) is 0.664. The van der Waals surface area contributed by atoms with Gasteiger partial charge < -0.3 is 14.7 Å². The fourth-order valence-corrected chi connectivity index (χ4v) is 2.00. The van der Waals surface area contributed by atoms with Crippen molar-refractivity contribution in [2.45, 2.75) is 13.2 Å². The Labute approximate surface area is 123 Å². The minimum atomic E-state index is -0.183. The molecule has 6 heteroatoms. The molecule has 1 N–H and O–H groups in total. The van der Waals surface area contributed by atoms with E-state index in [2.05, 4.69) is 5.10 Å². The summed E-state index contributed by atoms with van der Waals surface area (Å²) in [6.07, 6.45) is 1.64. The van der Waals surface area contributed by atoms with Gasteiger partial charge in [0.15, 0.2) is 0 Å². The molecule has 0 fully saturated rings. The van der Waals surface area contributed by atoms with Crippen molar-refractivity contribution in [3.8, 4) is 5.75 Å². The molecule has 112 valence electrons. The number of hydrogen-bond donors (Lipinski definition) is 1. The van der Waals surface area contributed by atoms with E-state index in [0.717, 1.165) is 16.8 Å². The number of benzene rings is 1. The van der Waals surface area contributed by atoms with Crippen molar-refractivity contribution in [2.24, 2.45) is 0 Å². The first-order valence-corrected chi connectivity index (χ1v) is 6.56. The third kappa shape index (κ3) is 3.41. The minimum absolute atomic E-state index is 0.0567. The third-order valence-corrected chi connectivity index (χ3v) is 3.22. The van der Waals surface area contributed by atoms with Crippen LogP contribution in [0.25, 0.3) is 0 Å². The second-order valence-corrected chi connectivity index (χ2v) is 4.91. The highest BCUT2D eigenvalue weighted by atomic mass is 16.5. The summed E-state index contributed by atoms with van der Waals surface area (Å²) in [6, 6.07) is 6.91. The number of ether oxygens (including phenoxy) is 1. The topological polar surface area (TPSA) is 67.6 Å². The Morgan fingerprint density at radius 3 is 2.67 bits per heavy atom. The lowest BCUT2D eigenvalue weighted by molar-refractivity contribution is 0.281. The molecule has 0 aliphatic rings. The van der Waals surface area contributed by atoms with E-state index in [1.807, 2.05) is 25.1 Å². The van der Waals surface area contributed by atoms with Gasteiger partial charge in [0.2, 0.25) is 0 Å². The molecule has 0 unspecified atom stereocenters. The molecule has 1 heterocycles. The molecule has 0 saturated carbocycles. The van der Waals surface area contributed by atoms with E-state index in [1.54, 1.807) is 25.4 Å². The zero-order chi connectivity index (χ0) is 15.4. The molecular formula is C15H19N3O3. The van der Waals surface area contributed by atoms with Crippen molar-refractivity contribution in [1.82, 2.24) is 9.78 Å². The van der Waals surface area contributed by atoms with Crippen LogP contribution in [0.15, 0.2) is 35.3 Å². The quantitative estimate of drug-likeness (QED) is 0.884. The average molecular weight is 289 g/mol. The summed E-state index contributed by atoms with van der Waals surface area (Å²) in [4.78, 5) is 13.9. The second kappa shape index (κ2) is 6.41. The SMILES string of the molecule is COc1ccc(CO)cc1Cn1ncc(N(C)C)cc1=O. The fraction of sp³-hybridized carbons (Fsp3) is 0.333. The van der Waals surface area contributed by atoms with Crippen molar-refractivity contribution < 1.29 is 9.84 Å². The van der Waals surface area contributed by atoms with Crippen molar-refractivity contribution >= 4 is 5.69 Å². The number of nitrogens with zero attached hydrogens (tertiary/aromatic N) is 3. The zero-order valence-electron chi connectivity index (χ0n) is 12.4. The highest BCUT2D eigenvalue weighted by Crippen LogP contribution is 2.20. The van der Waals surface area contributed by atoms with Crippen LogP contribution >= 0.6 is 0 Å². The molecule has 0 saturated heterocycles. The van der Waals surface area contributed by atoms with Crippen molar-refractivity contribution in [2.75, 3.05) is 26.1 Å². The van der Waals surface area contributed by atoms with Crippen molar-refractivity contribution in [3.05, 3.63) is 51.9 Å². The minimum Gasteiger partial charge on any atom is -0.496 e. The molecule has 0 aliphatic carbocycles. The number of hydrogen-bond acceptors (Lipinski definition) is 5. The molecule has 0 atom stereocenters. The normalized spacial score (nSPS) is 10.5. The summed E-state index contributed by atoms with van der Waals surface area (Å²) >= 11 is 0. The van der Waals surface area contributed by atoms with Crippen molar-refractivity contribution in [3.63, 3.8) is 0 Å². The maximum Gasteiger partial charge on any atom is 0.269 e. The Hall–Kier alpha value is -2.34. The molecule has 0 amide bonds. The summed E-state index contributed by atoms with van der Waals surface area (Å²) in [6.45, 7) is 0.239. The standard InChI is InChI=1S/C15H19N3O3/c1-17(2)13-7-15(20)18(16-8-13)9-12-6-11(10-19)4-5-14(12)21-3/h4-8,19H,9-10H2,1-3H3. The first-order valence-electron chi connectivity index (χ1n) is 6.56. The molecule has 0 radical (unpaired) electrons. The van der Waals surface area contributed by atoms with Crippen LogP contribution in [0.1, 0.15) is 11.1 Å². The zero-order valence-corrected chi connectivity index (χ0v) is 12.4. The Morgan fingerprint density at radius 2 is 2.10 bits per heavy atom. The molecule has 21 heavy (non-hydrogen) atoms. The van der Waals surface area contributed by atoms with E-state index in [-0.39, 0.29) is 12.2 Å². The first-order chi connectivity index (χ1) is 10.0. The molecule has 0 aliphatic heterocycles. The Bertz CT molecular complexity index is 680. The molecule has 1 aromatic heterocycles. The summed E-state index contributed by atoms with van der Waals surface area (Å²) < 4.78 is 6.65. The van der Waals surface area contributed by atoms with Gasteiger partial charge in [-0.25, -0.2) is 4.68 Å². The molecule has 1 aromatic carbocycles. The van der Waals surface area contributed by atoms with Gasteiger partial charge in [-0.05, 0) is 17.7 Å². The lowest BCUT2D eigenvalue weighted by Crippen LogP contribution is -2.24. The Kier molecular flexibility index (Phi) is 4.59. The van der Waals surface area contributed by atoms with Gasteiger partial charge in [-0.2, -0.15) is 5.10 Å². The molecule has 2 aromatic rings. The lowest BCUT2D eigenvalue weighted by Gasteiger charge is -2.14. The Morgan fingerprint density at radius 1 is 1.33 bits per heavy atom. The Balaban J connectivity index is 2.35. The smallest absolute Gasteiger partial charge is 0.269 e. The van der Waals surface area contributed by atoms with Crippen molar-refractivity contribution in [1.29, 1.82) is 0 Å². The summed E-state index contributed by atoms with van der Waals surface area (Å²) in [5.41, 5.74) is 2.14. The molecule has 2 rings (SSSR count). The van der Waals surface area contributed by atoms with Gasteiger partial charge in [0, 0.05) is 25.7 Å². The van der Waals surface area contributed by atoms with Crippen LogP contribution in [0.4, 0.5) is 5.69 Å². The maximum absolute atomic E-state index is 12.1. The number of rotatable bonds is 5. The molecule has 6 nitrogen and oxygen atoms in total. The number of aliphatic hydroxyl groups excluding tert-OH is 1. The lowest BCUT2D eigenvalue weighted by atomic mass is 10.1. The van der Waals surface area contributed by atoms with Crippen LogP contribution in [-0.4, -0.2) is 36.1 Å². The number of methoxy groups -OCH3 is 1. The largest absolute Gasteiger partial charge is 0.496 e. The summed E-state index contributed by atoms with van der Waals surface area (Å²) in [7, 11) is 5.28. The van der Waals surface area contributed by atoms with E-state index in [0.29, 0.717) is 12.3 Å². The third-order valence-electron chi connectivity index (χ3n) is 3.22. The van der Waals surface area contributed by atoms with Gasteiger partial charge in [0.1, 0.15) is 5.75 Å². The van der Waals surface area contributed by atoms with Crippen LogP contribution < -0.4 is 15.2 Å². The van der Waals surface area contributed by atoms with Crippen LogP contribution in [-0.2, 0) is 13.2 Å². The highest BCUT2D eigenvalue weighted by Gasteiger charge is 2.08. The van der Waals surface area contributed by atoms with Gasteiger partial charge in [0.25, 0.3) is 5.56 Å². The van der Waals surface area contributed by atoms with Crippen LogP contribution in [0.5, 0.6) is 5.75 Å². The number of aromatic nitrogens is 2. The molecular weight excluding hydrogens is 270 g/mol. The highest BCUT2D eigenvalue weighted by molar-refractivity contribution is 5.41. The maximum atomic E-state index is 12.1. The second-order valence-electron chi connectivity index (χ2n) is 4.91. The van der Waals surface area contributed by atoms with E-state index in [1.165, 1.54) is 10.7 Å². The van der Waals surface area contributed by atoms with E-state index in [4.69, 9.17) is 4.74 Å². The van der Waals surface area contributed by atoms with Gasteiger partial charge >= 0.3 is 0 Å². The van der Waals surface area contributed by atoms with Crippen LogP contribution in [0.2, 0.25) is 0 Å². The van der Waals surface area contributed by atoms with E-state index < -0.39 is 0 Å². The van der Waals surface area contributed by atoms with Crippen LogP contribution in [0, 0.1) is 0 Å². The van der Waals surface area contributed by atoms with Gasteiger partial charge in [-0.1, -0.05) is 6.07 Å².